The van der Waals surface area contributed by atoms with Crippen molar-refractivity contribution >= 4 is 16.7 Å². The average Bonchev–Trinajstić information content (AvgIpc) is 2.40. The molecule has 0 radical (unpaired) electrons. The zero-order chi connectivity index (χ0) is 13.7. The number of fused-ring (bicyclic) bond motifs is 1. The van der Waals surface area contributed by atoms with Gasteiger partial charge in [-0.2, -0.15) is 0 Å². The van der Waals surface area contributed by atoms with Crippen LogP contribution in [0, 0.1) is 0 Å². The molecule has 0 aliphatic carbocycles. The Labute approximate surface area is 115 Å². The molecule has 0 atom stereocenters. The van der Waals surface area contributed by atoms with E-state index in [4.69, 9.17) is 4.98 Å². The molecule has 3 nitrogen and oxygen atoms in total. The van der Waals surface area contributed by atoms with Crippen molar-refractivity contribution in [2.75, 3.05) is 25.5 Å². The Kier molecular flexibility index (Phi) is 4.74. The molecule has 0 spiro atoms. The normalized spacial score (nSPS) is 11.2. The Balaban J connectivity index is 2.35. The monoisotopic (exact) mass is 257 g/mol. The van der Waals surface area contributed by atoms with E-state index in [-0.39, 0.29) is 0 Å². The first-order valence-electron chi connectivity index (χ1n) is 7.05. The van der Waals surface area contributed by atoms with E-state index in [2.05, 4.69) is 55.4 Å². The molecule has 0 bridgehead atoms. The maximum Gasteiger partial charge on any atom is 0.131 e. The number of aromatic nitrogens is 1. The summed E-state index contributed by atoms with van der Waals surface area (Å²) in [5, 5.41) is 4.59. The van der Waals surface area contributed by atoms with Gasteiger partial charge in [-0.1, -0.05) is 25.1 Å². The van der Waals surface area contributed by atoms with Crippen molar-refractivity contribution in [1.82, 2.24) is 9.88 Å². The third-order valence-electron chi connectivity index (χ3n) is 3.19. The molecule has 1 heterocycles. The zero-order valence-electron chi connectivity index (χ0n) is 12.1. The maximum absolute atomic E-state index is 4.74. The van der Waals surface area contributed by atoms with Gasteiger partial charge in [0.15, 0.2) is 0 Å². The number of nitrogens with one attached hydrogen (secondary N) is 1. The molecule has 1 aromatic heterocycles. The van der Waals surface area contributed by atoms with Crippen LogP contribution in [0.4, 0.5) is 5.82 Å². The SMILES string of the molecule is CCCN(C)Cc1cc2ccccc2nc1NCC. The van der Waals surface area contributed by atoms with Crippen LogP contribution in [0.25, 0.3) is 10.9 Å². The van der Waals surface area contributed by atoms with E-state index in [0.29, 0.717) is 0 Å². The van der Waals surface area contributed by atoms with Crippen molar-refractivity contribution in [3.63, 3.8) is 0 Å². The number of hydrogen-bond acceptors (Lipinski definition) is 3. The van der Waals surface area contributed by atoms with Gasteiger partial charge < -0.3 is 10.2 Å². The van der Waals surface area contributed by atoms with Crippen LogP contribution in [-0.2, 0) is 6.54 Å². The number of hydrogen-bond donors (Lipinski definition) is 1. The molecule has 0 aliphatic heterocycles. The van der Waals surface area contributed by atoms with E-state index in [9.17, 15) is 0 Å². The molecule has 0 amide bonds. The van der Waals surface area contributed by atoms with Gasteiger partial charge in [0.25, 0.3) is 0 Å². The van der Waals surface area contributed by atoms with Gasteiger partial charge in [-0.25, -0.2) is 4.98 Å². The summed E-state index contributed by atoms with van der Waals surface area (Å²) in [6.07, 6.45) is 1.17. The molecule has 102 valence electrons. The molecule has 19 heavy (non-hydrogen) atoms. The molecule has 1 aromatic carbocycles. The van der Waals surface area contributed by atoms with Gasteiger partial charge in [-0.3, -0.25) is 0 Å². The van der Waals surface area contributed by atoms with Crippen molar-refractivity contribution in [3.8, 4) is 0 Å². The zero-order valence-corrected chi connectivity index (χ0v) is 12.1. The van der Waals surface area contributed by atoms with Crippen molar-refractivity contribution in [3.05, 3.63) is 35.9 Å². The molecule has 3 heteroatoms. The second-order valence-corrected chi connectivity index (χ2v) is 4.96. The number of benzene rings is 1. The van der Waals surface area contributed by atoms with E-state index < -0.39 is 0 Å². The fraction of sp³-hybridized carbons (Fsp3) is 0.438. The minimum Gasteiger partial charge on any atom is -0.370 e. The molecule has 2 aromatic rings. The van der Waals surface area contributed by atoms with Gasteiger partial charge in [0.2, 0.25) is 0 Å². The summed E-state index contributed by atoms with van der Waals surface area (Å²) < 4.78 is 0. The minimum absolute atomic E-state index is 0.899. The average molecular weight is 257 g/mol. The Hall–Kier alpha value is -1.61. The highest BCUT2D eigenvalue weighted by Crippen LogP contribution is 2.21. The third kappa shape index (κ3) is 3.44. The molecule has 0 aliphatic rings. The predicted octanol–water partition coefficient (Wildman–Crippen LogP) is 3.51. The van der Waals surface area contributed by atoms with E-state index in [1.54, 1.807) is 0 Å². The lowest BCUT2D eigenvalue weighted by molar-refractivity contribution is 0.328. The largest absolute Gasteiger partial charge is 0.370 e. The smallest absolute Gasteiger partial charge is 0.131 e. The number of rotatable bonds is 6. The summed E-state index contributed by atoms with van der Waals surface area (Å²) in [6.45, 7) is 7.26. The maximum atomic E-state index is 4.74. The van der Waals surface area contributed by atoms with Gasteiger partial charge in [0.05, 0.1) is 5.52 Å². The highest BCUT2D eigenvalue weighted by Gasteiger charge is 2.08. The highest BCUT2D eigenvalue weighted by molar-refractivity contribution is 5.81. The van der Waals surface area contributed by atoms with E-state index in [1.165, 1.54) is 17.4 Å². The van der Waals surface area contributed by atoms with Gasteiger partial charge in [0.1, 0.15) is 5.82 Å². The molecule has 0 fully saturated rings. The molecule has 2 rings (SSSR count). The second kappa shape index (κ2) is 6.53. The van der Waals surface area contributed by atoms with Crippen LogP contribution < -0.4 is 5.32 Å². The summed E-state index contributed by atoms with van der Waals surface area (Å²) >= 11 is 0. The molecule has 0 saturated heterocycles. The first-order valence-corrected chi connectivity index (χ1v) is 7.05. The summed E-state index contributed by atoms with van der Waals surface area (Å²) in [6, 6.07) is 10.5. The van der Waals surface area contributed by atoms with Crippen molar-refractivity contribution in [2.24, 2.45) is 0 Å². The Morgan fingerprint density at radius 3 is 2.74 bits per heavy atom. The van der Waals surface area contributed by atoms with Crippen LogP contribution in [0.2, 0.25) is 0 Å². The molecular weight excluding hydrogens is 234 g/mol. The number of pyridine rings is 1. The van der Waals surface area contributed by atoms with E-state index in [1.807, 2.05) is 6.07 Å². The summed E-state index contributed by atoms with van der Waals surface area (Å²) in [7, 11) is 2.16. The summed E-state index contributed by atoms with van der Waals surface area (Å²) in [5.41, 5.74) is 2.33. The predicted molar refractivity (Wildman–Crippen MR) is 82.5 cm³/mol. The fourth-order valence-electron chi connectivity index (χ4n) is 2.35. The molecule has 0 unspecified atom stereocenters. The van der Waals surface area contributed by atoms with Crippen LogP contribution in [0.15, 0.2) is 30.3 Å². The number of anilines is 1. The lowest BCUT2D eigenvalue weighted by Crippen LogP contribution is -2.19. The summed E-state index contributed by atoms with van der Waals surface area (Å²) in [4.78, 5) is 7.08. The van der Waals surface area contributed by atoms with Gasteiger partial charge >= 0.3 is 0 Å². The second-order valence-electron chi connectivity index (χ2n) is 4.96. The molecule has 1 N–H and O–H groups in total. The summed E-state index contributed by atoms with van der Waals surface area (Å²) in [5.74, 6) is 1.02. The van der Waals surface area contributed by atoms with Crippen LogP contribution in [-0.4, -0.2) is 30.0 Å². The quantitative estimate of drug-likeness (QED) is 0.858. The van der Waals surface area contributed by atoms with Gasteiger partial charge in [0, 0.05) is 24.0 Å². The van der Waals surface area contributed by atoms with Gasteiger partial charge in [-0.05, 0) is 39.1 Å². The fourth-order valence-corrected chi connectivity index (χ4v) is 2.35. The first-order chi connectivity index (χ1) is 9.24. The number of para-hydroxylation sites is 1. The van der Waals surface area contributed by atoms with Gasteiger partial charge in [-0.15, -0.1) is 0 Å². The standard InChI is InChI=1S/C16H23N3/c1-4-10-19(3)12-14-11-13-8-6-7-9-15(13)18-16(14)17-5-2/h6-9,11H,4-5,10,12H2,1-3H3,(H,17,18). The topological polar surface area (TPSA) is 28.2 Å². The van der Waals surface area contributed by atoms with Crippen LogP contribution >= 0.6 is 0 Å². The number of nitrogens with zero attached hydrogens (tertiary/aromatic N) is 2. The molecule has 0 saturated carbocycles. The lowest BCUT2D eigenvalue weighted by atomic mass is 10.1. The van der Waals surface area contributed by atoms with Crippen LogP contribution in [0.1, 0.15) is 25.8 Å². The Bertz CT molecular complexity index is 537. The molecular formula is C16H23N3. The lowest BCUT2D eigenvalue weighted by Gasteiger charge is -2.18. The van der Waals surface area contributed by atoms with Crippen molar-refractivity contribution in [2.45, 2.75) is 26.8 Å². The van der Waals surface area contributed by atoms with E-state index >= 15 is 0 Å². The van der Waals surface area contributed by atoms with Crippen LogP contribution in [0.5, 0.6) is 0 Å². The van der Waals surface area contributed by atoms with Crippen molar-refractivity contribution < 1.29 is 0 Å². The van der Waals surface area contributed by atoms with Crippen LogP contribution in [0.3, 0.4) is 0 Å². The Morgan fingerprint density at radius 2 is 2.00 bits per heavy atom. The first kappa shape index (κ1) is 13.8. The van der Waals surface area contributed by atoms with E-state index in [0.717, 1.165) is 31.0 Å². The highest BCUT2D eigenvalue weighted by atomic mass is 15.1. The Morgan fingerprint density at radius 1 is 1.21 bits per heavy atom. The third-order valence-corrected chi connectivity index (χ3v) is 3.19. The minimum atomic E-state index is 0.899. The van der Waals surface area contributed by atoms with Crippen molar-refractivity contribution in [1.29, 1.82) is 0 Å².